The molecule has 4 heteroatoms. The van der Waals surface area contributed by atoms with E-state index in [1.807, 2.05) is 0 Å². The van der Waals surface area contributed by atoms with E-state index in [0.717, 1.165) is 24.3 Å². The van der Waals surface area contributed by atoms with Gasteiger partial charge in [-0.2, -0.15) is 0 Å². The van der Waals surface area contributed by atoms with E-state index in [0.29, 0.717) is 0 Å². The Labute approximate surface area is 109 Å². The van der Waals surface area contributed by atoms with Crippen LogP contribution in [0.5, 0.6) is 0 Å². The lowest BCUT2D eigenvalue weighted by Gasteiger charge is -2.47. The summed E-state index contributed by atoms with van der Waals surface area (Å²) in [7, 11) is 4.12. The first-order valence-corrected chi connectivity index (χ1v) is 6.66. The molecule has 18 heavy (non-hydrogen) atoms. The molecular weight excluding hydrogens is 226 g/mol. The SMILES string of the molecule is CC1CCC(C(O)c2cncnc2)(N(C)C)CC1. The number of hydrogen-bond acceptors (Lipinski definition) is 4. The molecule has 2 rings (SSSR count). The molecule has 4 nitrogen and oxygen atoms in total. The van der Waals surface area contributed by atoms with Crippen LogP contribution < -0.4 is 0 Å². The fraction of sp³-hybridized carbons (Fsp3) is 0.714. The number of nitrogens with zero attached hydrogens (tertiary/aromatic N) is 3. The summed E-state index contributed by atoms with van der Waals surface area (Å²) in [5, 5.41) is 10.7. The Morgan fingerprint density at radius 3 is 2.33 bits per heavy atom. The van der Waals surface area contributed by atoms with Crippen molar-refractivity contribution in [2.75, 3.05) is 14.1 Å². The molecular formula is C14H23N3O. The van der Waals surface area contributed by atoms with Crippen molar-refractivity contribution in [1.29, 1.82) is 0 Å². The van der Waals surface area contributed by atoms with E-state index in [2.05, 4.69) is 35.9 Å². The standard InChI is InChI=1S/C14H23N3O/c1-11-4-6-14(7-5-11,17(2)3)13(18)12-8-15-10-16-9-12/h8-11,13,18H,4-7H2,1-3H3. The van der Waals surface area contributed by atoms with E-state index in [1.54, 1.807) is 12.4 Å². The second-order valence-electron chi connectivity index (χ2n) is 5.75. The van der Waals surface area contributed by atoms with Crippen LogP contribution in [0.3, 0.4) is 0 Å². The summed E-state index contributed by atoms with van der Waals surface area (Å²) in [6, 6.07) is 0. The van der Waals surface area contributed by atoms with E-state index in [4.69, 9.17) is 0 Å². The van der Waals surface area contributed by atoms with Crippen LogP contribution in [-0.4, -0.2) is 39.6 Å². The maximum absolute atomic E-state index is 10.7. The monoisotopic (exact) mass is 249 g/mol. The Bertz CT molecular complexity index is 372. The van der Waals surface area contributed by atoms with Gasteiger partial charge in [0.1, 0.15) is 12.4 Å². The highest BCUT2D eigenvalue weighted by atomic mass is 16.3. The zero-order valence-corrected chi connectivity index (χ0v) is 11.5. The van der Waals surface area contributed by atoms with E-state index in [-0.39, 0.29) is 5.54 Å². The lowest BCUT2D eigenvalue weighted by molar-refractivity contribution is -0.0411. The minimum Gasteiger partial charge on any atom is -0.386 e. The van der Waals surface area contributed by atoms with Crippen LogP contribution in [0.4, 0.5) is 0 Å². The maximum atomic E-state index is 10.7. The Balaban J connectivity index is 2.25. The van der Waals surface area contributed by atoms with Crippen molar-refractivity contribution in [3.63, 3.8) is 0 Å². The molecule has 1 atom stereocenters. The predicted octanol–water partition coefficient (Wildman–Crippen LogP) is 2.02. The molecule has 0 bridgehead atoms. The van der Waals surface area contributed by atoms with Gasteiger partial charge in [-0.15, -0.1) is 0 Å². The van der Waals surface area contributed by atoms with Gasteiger partial charge >= 0.3 is 0 Å². The smallest absolute Gasteiger partial charge is 0.115 e. The average Bonchev–Trinajstić information content (AvgIpc) is 2.40. The van der Waals surface area contributed by atoms with Crippen LogP contribution in [0.1, 0.15) is 44.3 Å². The summed E-state index contributed by atoms with van der Waals surface area (Å²) < 4.78 is 0. The summed E-state index contributed by atoms with van der Waals surface area (Å²) in [5.41, 5.74) is 0.651. The van der Waals surface area contributed by atoms with Gasteiger partial charge in [-0.1, -0.05) is 6.92 Å². The molecule has 0 radical (unpaired) electrons. The third kappa shape index (κ3) is 2.40. The zero-order valence-electron chi connectivity index (χ0n) is 11.5. The van der Waals surface area contributed by atoms with Crippen LogP contribution in [0.15, 0.2) is 18.7 Å². The van der Waals surface area contributed by atoms with E-state index >= 15 is 0 Å². The van der Waals surface area contributed by atoms with Crippen molar-refractivity contribution >= 4 is 0 Å². The quantitative estimate of drug-likeness (QED) is 0.890. The number of hydrogen-bond donors (Lipinski definition) is 1. The van der Waals surface area contributed by atoms with Gasteiger partial charge in [-0.3, -0.25) is 0 Å². The zero-order chi connectivity index (χ0) is 13.2. The molecule has 0 spiro atoms. The van der Waals surface area contributed by atoms with Gasteiger partial charge in [0.25, 0.3) is 0 Å². The lowest BCUT2D eigenvalue weighted by Crippen LogP contribution is -2.51. The first-order valence-electron chi connectivity index (χ1n) is 6.66. The largest absolute Gasteiger partial charge is 0.386 e. The highest BCUT2D eigenvalue weighted by Gasteiger charge is 2.43. The Hall–Kier alpha value is -1.00. The van der Waals surface area contributed by atoms with Crippen molar-refractivity contribution in [3.05, 3.63) is 24.3 Å². The Morgan fingerprint density at radius 2 is 1.83 bits per heavy atom. The number of rotatable bonds is 3. The second-order valence-corrected chi connectivity index (χ2v) is 5.75. The summed E-state index contributed by atoms with van der Waals surface area (Å²) >= 11 is 0. The Kier molecular flexibility index (Phi) is 3.97. The molecule has 0 aliphatic heterocycles. The molecule has 1 aromatic rings. The van der Waals surface area contributed by atoms with Crippen LogP contribution in [0, 0.1) is 5.92 Å². The van der Waals surface area contributed by atoms with Crippen LogP contribution in [-0.2, 0) is 0 Å². The predicted molar refractivity (Wildman–Crippen MR) is 71.0 cm³/mol. The number of aliphatic hydroxyl groups is 1. The van der Waals surface area contributed by atoms with E-state index in [9.17, 15) is 5.11 Å². The van der Waals surface area contributed by atoms with Gasteiger partial charge < -0.3 is 10.0 Å². The number of aliphatic hydroxyl groups excluding tert-OH is 1. The average molecular weight is 249 g/mol. The molecule has 1 fully saturated rings. The minimum atomic E-state index is -0.513. The molecule has 1 N–H and O–H groups in total. The van der Waals surface area contributed by atoms with Gasteiger partial charge in [0.15, 0.2) is 0 Å². The van der Waals surface area contributed by atoms with Gasteiger partial charge in [-0.05, 0) is 45.7 Å². The Morgan fingerprint density at radius 1 is 1.28 bits per heavy atom. The molecule has 1 unspecified atom stereocenters. The highest BCUT2D eigenvalue weighted by molar-refractivity contribution is 5.15. The molecule has 0 saturated heterocycles. The normalized spacial score (nSPS) is 30.4. The fourth-order valence-corrected chi connectivity index (χ4v) is 2.99. The summed E-state index contributed by atoms with van der Waals surface area (Å²) in [5.74, 6) is 0.761. The van der Waals surface area contributed by atoms with Crippen molar-refractivity contribution in [3.8, 4) is 0 Å². The first-order chi connectivity index (χ1) is 8.56. The van der Waals surface area contributed by atoms with Gasteiger partial charge in [-0.25, -0.2) is 9.97 Å². The third-order valence-electron chi connectivity index (χ3n) is 4.44. The summed E-state index contributed by atoms with van der Waals surface area (Å²) in [6.45, 7) is 2.29. The molecule has 1 aliphatic rings. The third-order valence-corrected chi connectivity index (χ3v) is 4.44. The van der Waals surface area contributed by atoms with Crippen molar-refractivity contribution < 1.29 is 5.11 Å². The summed E-state index contributed by atoms with van der Waals surface area (Å²) in [6.07, 6.45) is 8.82. The lowest BCUT2D eigenvalue weighted by atomic mass is 9.72. The highest BCUT2D eigenvalue weighted by Crippen LogP contribution is 2.43. The van der Waals surface area contributed by atoms with Crippen LogP contribution in [0.25, 0.3) is 0 Å². The maximum Gasteiger partial charge on any atom is 0.115 e. The number of likely N-dealkylation sites (N-methyl/N-ethyl adjacent to an activating group) is 1. The molecule has 1 aliphatic carbocycles. The molecule has 0 aromatic carbocycles. The van der Waals surface area contributed by atoms with Gasteiger partial charge in [0.05, 0.1) is 5.54 Å². The van der Waals surface area contributed by atoms with E-state index < -0.39 is 6.10 Å². The van der Waals surface area contributed by atoms with Crippen LogP contribution >= 0.6 is 0 Å². The van der Waals surface area contributed by atoms with E-state index in [1.165, 1.54) is 19.2 Å². The first kappa shape index (κ1) is 13.4. The van der Waals surface area contributed by atoms with Gasteiger partial charge in [0.2, 0.25) is 0 Å². The molecule has 100 valence electrons. The number of aromatic nitrogens is 2. The fourth-order valence-electron chi connectivity index (χ4n) is 2.99. The van der Waals surface area contributed by atoms with Crippen molar-refractivity contribution in [2.24, 2.45) is 5.92 Å². The molecule has 1 heterocycles. The van der Waals surface area contributed by atoms with Gasteiger partial charge in [0, 0.05) is 18.0 Å². The van der Waals surface area contributed by atoms with Crippen molar-refractivity contribution in [1.82, 2.24) is 14.9 Å². The molecule has 0 amide bonds. The molecule has 1 aromatic heterocycles. The topological polar surface area (TPSA) is 49.3 Å². The second kappa shape index (κ2) is 5.33. The van der Waals surface area contributed by atoms with Crippen molar-refractivity contribution in [2.45, 2.75) is 44.2 Å². The minimum absolute atomic E-state index is 0.169. The molecule has 1 saturated carbocycles. The summed E-state index contributed by atoms with van der Waals surface area (Å²) in [4.78, 5) is 10.2. The van der Waals surface area contributed by atoms with Crippen LogP contribution in [0.2, 0.25) is 0 Å².